The molecule has 0 aliphatic rings. The Kier molecular flexibility index (Phi) is 3.58. The van der Waals surface area contributed by atoms with Crippen LogP contribution in [0.25, 0.3) is 11.0 Å². The number of rotatable bonds is 2. The van der Waals surface area contributed by atoms with E-state index in [4.69, 9.17) is 11.6 Å². The number of fused-ring (bicyclic) bond motifs is 1. The van der Waals surface area contributed by atoms with E-state index in [1.807, 2.05) is 6.07 Å². The van der Waals surface area contributed by atoms with E-state index in [0.29, 0.717) is 0 Å². The van der Waals surface area contributed by atoms with Crippen LogP contribution in [0.1, 0.15) is 27.0 Å². The molecule has 4 nitrogen and oxygen atoms in total. The van der Waals surface area contributed by atoms with Gasteiger partial charge in [-0.05, 0) is 18.6 Å². The predicted octanol–water partition coefficient (Wildman–Crippen LogP) is 3.91. The zero-order chi connectivity index (χ0) is 16.7. The van der Waals surface area contributed by atoms with Gasteiger partial charge in [-0.2, -0.15) is 5.26 Å². The molecule has 0 bridgehead atoms. The van der Waals surface area contributed by atoms with Gasteiger partial charge in [0.15, 0.2) is 0 Å². The molecule has 0 aliphatic heterocycles. The number of nitrogens with one attached hydrogen (secondary N) is 1. The van der Waals surface area contributed by atoms with Crippen molar-refractivity contribution in [1.29, 1.82) is 5.26 Å². The summed E-state index contributed by atoms with van der Waals surface area (Å²) in [6.45, 7) is 1.43. The summed E-state index contributed by atoms with van der Waals surface area (Å²) < 4.78 is 28.1. The summed E-state index contributed by atoms with van der Waals surface area (Å²) in [6.07, 6.45) is 2.53. The molecule has 0 aliphatic carbocycles. The molecule has 0 amide bonds. The molecule has 3 aromatic rings. The topological polar surface area (TPSA) is 69.5 Å². The molecule has 7 heteroatoms. The lowest BCUT2D eigenvalue weighted by atomic mass is 9.98. The second kappa shape index (κ2) is 5.45. The van der Waals surface area contributed by atoms with Crippen LogP contribution in [-0.2, 0) is 0 Å². The maximum absolute atomic E-state index is 14.2. The molecule has 23 heavy (non-hydrogen) atoms. The molecule has 3 rings (SSSR count). The van der Waals surface area contributed by atoms with E-state index < -0.39 is 23.0 Å². The predicted molar refractivity (Wildman–Crippen MR) is 80.3 cm³/mol. The van der Waals surface area contributed by atoms with Crippen LogP contribution in [0.3, 0.4) is 0 Å². The molecule has 2 aromatic heterocycles. The highest BCUT2D eigenvalue weighted by Crippen LogP contribution is 2.29. The van der Waals surface area contributed by atoms with Crippen molar-refractivity contribution < 1.29 is 13.6 Å². The quantitative estimate of drug-likeness (QED) is 0.724. The Morgan fingerprint density at radius 2 is 2.13 bits per heavy atom. The first-order valence-electron chi connectivity index (χ1n) is 6.50. The molecule has 1 N–H and O–H groups in total. The fourth-order valence-corrected chi connectivity index (χ4v) is 2.55. The van der Waals surface area contributed by atoms with E-state index in [9.17, 15) is 18.8 Å². The van der Waals surface area contributed by atoms with Crippen molar-refractivity contribution >= 4 is 28.4 Å². The second-order valence-electron chi connectivity index (χ2n) is 4.90. The van der Waals surface area contributed by atoms with Crippen LogP contribution < -0.4 is 0 Å². The van der Waals surface area contributed by atoms with Crippen molar-refractivity contribution in [1.82, 2.24) is 9.97 Å². The number of aromatic nitrogens is 2. The largest absolute Gasteiger partial charge is 0.345 e. The monoisotopic (exact) mass is 331 g/mol. The smallest absolute Gasteiger partial charge is 0.201 e. The number of halogens is 3. The SMILES string of the molecule is Cc1ccc(F)c(C(=O)c2c[nH]c3ncc(Cl)c(C#N)c23)c1F. The third-order valence-corrected chi connectivity index (χ3v) is 3.81. The minimum atomic E-state index is -0.971. The third kappa shape index (κ3) is 2.26. The maximum Gasteiger partial charge on any atom is 0.201 e. The number of hydrogen-bond donors (Lipinski definition) is 1. The van der Waals surface area contributed by atoms with Gasteiger partial charge in [0, 0.05) is 17.8 Å². The molecular weight excluding hydrogens is 324 g/mol. The lowest BCUT2D eigenvalue weighted by Gasteiger charge is -2.06. The van der Waals surface area contributed by atoms with E-state index in [-0.39, 0.29) is 32.7 Å². The summed E-state index contributed by atoms with van der Waals surface area (Å²) in [7, 11) is 0. The van der Waals surface area contributed by atoms with Crippen LogP contribution >= 0.6 is 11.6 Å². The number of H-pyrrole nitrogens is 1. The van der Waals surface area contributed by atoms with Crippen molar-refractivity contribution in [2.75, 3.05) is 0 Å². The zero-order valence-electron chi connectivity index (χ0n) is 11.7. The molecule has 1 aromatic carbocycles. The van der Waals surface area contributed by atoms with Gasteiger partial charge in [0.05, 0.1) is 21.7 Å². The van der Waals surface area contributed by atoms with E-state index >= 15 is 0 Å². The van der Waals surface area contributed by atoms with Crippen LogP contribution in [0.2, 0.25) is 5.02 Å². The highest BCUT2D eigenvalue weighted by atomic mass is 35.5. The average molecular weight is 332 g/mol. The minimum Gasteiger partial charge on any atom is -0.345 e. The molecular formula is C16H8ClF2N3O. The highest BCUT2D eigenvalue weighted by Gasteiger charge is 2.25. The van der Waals surface area contributed by atoms with Gasteiger partial charge in [-0.1, -0.05) is 17.7 Å². The second-order valence-corrected chi connectivity index (χ2v) is 5.31. The van der Waals surface area contributed by atoms with Crippen molar-refractivity contribution in [3.05, 3.63) is 63.4 Å². The number of ketones is 1. The third-order valence-electron chi connectivity index (χ3n) is 3.52. The van der Waals surface area contributed by atoms with Crippen molar-refractivity contribution in [3.63, 3.8) is 0 Å². The van der Waals surface area contributed by atoms with Crippen molar-refractivity contribution in [2.24, 2.45) is 0 Å². The number of nitriles is 1. The number of benzene rings is 1. The molecule has 0 radical (unpaired) electrons. The minimum absolute atomic E-state index is 0.0229. The van der Waals surface area contributed by atoms with Gasteiger partial charge in [-0.15, -0.1) is 0 Å². The van der Waals surface area contributed by atoms with Crippen LogP contribution in [-0.4, -0.2) is 15.8 Å². The van der Waals surface area contributed by atoms with Crippen LogP contribution in [0, 0.1) is 29.9 Å². The molecule has 0 fully saturated rings. The number of nitrogens with zero attached hydrogens (tertiary/aromatic N) is 2. The normalized spacial score (nSPS) is 10.7. The van der Waals surface area contributed by atoms with Gasteiger partial charge in [-0.25, -0.2) is 13.8 Å². The van der Waals surface area contributed by atoms with Crippen LogP contribution in [0.15, 0.2) is 24.5 Å². The molecule has 0 spiro atoms. The molecule has 0 saturated heterocycles. The number of carbonyl (C=O) groups is 1. The molecule has 0 unspecified atom stereocenters. The van der Waals surface area contributed by atoms with Gasteiger partial charge in [0.2, 0.25) is 5.78 Å². The first kappa shape index (κ1) is 15.1. The first-order chi connectivity index (χ1) is 11.0. The van der Waals surface area contributed by atoms with Gasteiger partial charge < -0.3 is 4.98 Å². The summed E-state index contributed by atoms with van der Waals surface area (Å²) in [5, 5.41) is 9.43. The lowest BCUT2D eigenvalue weighted by Crippen LogP contribution is -2.09. The summed E-state index contributed by atoms with van der Waals surface area (Å²) in [4.78, 5) is 19.3. The molecule has 2 heterocycles. The maximum atomic E-state index is 14.2. The Hall–Kier alpha value is -2.78. The number of hydrogen-bond acceptors (Lipinski definition) is 3. The van der Waals surface area contributed by atoms with Gasteiger partial charge in [0.1, 0.15) is 23.4 Å². The number of aromatic amines is 1. The average Bonchev–Trinajstić information content (AvgIpc) is 2.95. The van der Waals surface area contributed by atoms with E-state index in [1.54, 1.807) is 0 Å². The van der Waals surface area contributed by atoms with Crippen molar-refractivity contribution in [3.8, 4) is 6.07 Å². The zero-order valence-corrected chi connectivity index (χ0v) is 12.5. The Labute approximate surface area is 134 Å². The van der Waals surface area contributed by atoms with Crippen LogP contribution in [0.5, 0.6) is 0 Å². The summed E-state index contributed by atoms with van der Waals surface area (Å²) in [5.41, 5.74) is -0.325. The first-order valence-corrected chi connectivity index (χ1v) is 6.88. The van der Waals surface area contributed by atoms with E-state index in [2.05, 4.69) is 9.97 Å². The van der Waals surface area contributed by atoms with Crippen molar-refractivity contribution in [2.45, 2.75) is 6.92 Å². The fraction of sp³-hybridized carbons (Fsp3) is 0.0625. The Bertz CT molecular complexity index is 1000. The molecule has 114 valence electrons. The highest BCUT2D eigenvalue weighted by molar-refractivity contribution is 6.33. The number of aryl methyl sites for hydroxylation is 1. The van der Waals surface area contributed by atoms with E-state index in [0.717, 1.165) is 6.07 Å². The summed E-state index contributed by atoms with van der Waals surface area (Å²) in [6, 6.07) is 4.15. The molecule has 0 saturated carbocycles. The Balaban J connectivity index is 2.31. The lowest BCUT2D eigenvalue weighted by molar-refractivity contribution is 0.103. The molecule has 0 atom stereocenters. The Morgan fingerprint density at radius 1 is 1.39 bits per heavy atom. The van der Waals surface area contributed by atoms with Crippen LogP contribution in [0.4, 0.5) is 8.78 Å². The standard InChI is InChI=1S/C16H8ClF2N3O/c1-7-2-3-11(18)13(14(7)19)15(23)9-5-21-16-12(9)8(4-20)10(17)6-22-16/h2-3,5-6H,1H3,(H,21,22). The number of pyridine rings is 1. The van der Waals surface area contributed by atoms with Gasteiger partial charge in [-0.3, -0.25) is 4.79 Å². The number of carbonyl (C=O) groups excluding carboxylic acids is 1. The van der Waals surface area contributed by atoms with Gasteiger partial charge in [0.25, 0.3) is 0 Å². The summed E-state index contributed by atoms with van der Waals surface area (Å²) in [5.74, 6) is -2.78. The van der Waals surface area contributed by atoms with Gasteiger partial charge >= 0.3 is 0 Å². The fourth-order valence-electron chi connectivity index (χ4n) is 2.36. The Morgan fingerprint density at radius 3 is 2.83 bits per heavy atom. The summed E-state index contributed by atoms with van der Waals surface area (Å²) >= 11 is 5.91. The van der Waals surface area contributed by atoms with E-state index in [1.165, 1.54) is 25.4 Å².